The summed E-state index contributed by atoms with van der Waals surface area (Å²) in [6, 6.07) is 16.8. The van der Waals surface area contributed by atoms with Gasteiger partial charge >= 0.3 is 5.97 Å². The molecular weight excluding hydrogens is 368 g/mol. The van der Waals surface area contributed by atoms with Gasteiger partial charge in [0, 0.05) is 5.70 Å². The van der Waals surface area contributed by atoms with E-state index in [1.165, 1.54) is 6.33 Å². The second-order valence-corrected chi connectivity index (χ2v) is 6.66. The van der Waals surface area contributed by atoms with E-state index in [0.717, 1.165) is 16.9 Å². The Morgan fingerprint density at radius 2 is 1.90 bits per heavy atom. The summed E-state index contributed by atoms with van der Waals surface area (Å²) >= 11 is 0. The highest BCUT2D eigenvalue weighted by molar-refractivity contribution is 5.92. The molecule has 7 heteroatoms. The highest BCUT2D eigenvalue weighted by atomic mass is 16.5. The van der Waals surface area contributed by atoms with Crippen LogP contribution >= 0.6 is 0 Å². The third-order valence-corrected chi connectivity index (χ3v) is 4.73. The van der Waals surface area contributed by atoms with Gasteiger partial charge in [0.05, 0.1) is 12.2 Å². The van der Waals surface area contributed by atoms with Crippen molar-refractivity contribution in [3.05, 3.63) is 83.3 Å². The summed E-state index contributed by atoms with van der Waals surface area (Å²) in [5.74, 6) is 0.970. The number of carbonyl (C=O) groups is 1. The number of carbonyl (C=O) groups excluding carboxylic acids is 1. The number of hydrogen-bond acceptors (Lipinski definition) is 6. The van der Waals surface area contributed by atoms with Gasteiger partial charge in [-0.3, -0.25) is 0 Å². The van der Waals surface area contributed by atoms with E-state index in [4.69, 9.17) is 9.47 Å². The minimum atomic E-state index is -0.437. The largest absolute Gasteiger partial charge is 0.494 e. The first kappa shape index (κ1) is 18.7. The van der Waals surface area contributed by atoms with Crippen LogP contribution in [-0.2, 0) is 16.1 Å². The molecular formula is C22H22N4O3. The summed E-state index contributed by atoms with van der Waals surface area (Å²) in [4.78, 5) is 17.3. The van der Waals surface area contributed by atoms with E-state index in [-0.39, 0.29) is 12.6 Å². The lowest BCUT2D eigenvalue weighted by Gasteiger charge is -2.28. The van der Waals surface area contributed by atoms with Gasteiger partial charge in [-0.1, -0.05) is 42.5 Å². The summed E-state index contributed by atoms with van der Waals surface area (Å²) in [5, 5.41) is 7.47. The zero-order valence-electron chi connectivity index (χ0n) is 16.3. The molecule has 1 aliphatic rings. The Balaban J connectivity index is 1.65. The fourth-order valence-corrected chi connectivity index (χ4v) is 3.38. The number of hydrogen-bond donors (Lipinski definition) is 1. The van der Waals surface area contributed by atoms with Crippen molar-refractivity contribution in [2.75, 3.05) is 11.9 Å². The predicted molar refractivity (Wildman–Crippen MR) is 108 cm³/mol. The number of aromatic nitrogens is 3. The number of nitrogens with one attached hydrogen (secondary N) is 1. The van der Waals surface area contributed by atoms with E-state index in [2.05, 4.69) is 15.4 Å². The average Bonchev–Trinajstić information content (AvgIpc) is 3.20. The smallest absolute Gasteiger partial charge is 0.338 e. The predicted octanol–water partition coefficient (Wildman–Crippen LogP) is 3.71. The van der Waals surface area contributed by atoms with Crippen molar-refractivity contribution >= 4 is 11.9 Å². The zero-order chi connectivity index (χ0) is 20.2. The summed E-state index contributed by atoms with van der Waals surface area (Å²) < 4.78 is 12.9. The number of rotatable bonds is 6. The molecule has 0 bridgehead atoms. The van der Waals surface area contributed by atoms with E-state index in [1.807, 2.05) is 68.4 Å². The molecule has 29 heavy (non-hydrogen) atoms. The van der Waals surface area contributed by atoms with E-state index >= 15 is 0 Å². The molecule has 7 nitrogen and oxygen atoms in total. The van der Waals surface area contributed by atoms with Crippen LogP contribution in [0.25, 0.3) is 0 Å². The lowest BCUT2D eigenvalue weighted by Crippen LogP contribution is -2.29. The Hall–Kier alpha value is -3.61. The van der Waals surface area contributed by atoms with Gasteiger partial charge in [0.25, 0.3) is 0 Å². The number of benzene rings is 2. The van der Waals surface area contributed by atoms with Gasteiger partial charge in [-0.15, -0.1) is 0 Å². The molecule has 4 rings (SSSR count). The van der Waals surface area contributed by atoms with E-state index in [0.29, 0.717) is 23.8 Å². The normalized spacial score (nSPS) is 15.4. The molecule has 1 aliphatic heterocycles. The summed E-state index contributed by atoms with van der Waals surface area (Å²) in [6.45, 7) is 4.58. The monoisotopic (exact) mass is 390 g/mol. The van der Waals surface area contributed by atoms with Crippen molar-refractivity contribution in [2.45, 2.75) is 26.5 Å². The Morgan fingerprint density at radius 1 is 1.14 bits per heavy atom. The Bertz CT molecular complexity index is 1030. The third-order valence-electron chi connectivity index (χ3n) is 4.73. The van der Waals surface area contributed by atoms with Crippen LogP contribution in [0.1, 0.15) is 31.0 Å². The van der Waals surface area contributed by atoms with Crippen molar-refractivity contribution in [3.8, 4) is 5.75 Å². The highest BCUT2D eigenvalue weighted by Crippen LogP contribution is 2.35. The maximum atomic E-state index is 13.1. The molecule has 0 aliphatic carbocycles. The summed E-state index contributed by atoms with van der Waals surface area (Å²) in [6.07, 6.45) is 1.47. The first-order valence-electron chi connectivity index (χ1n) is 9.48. The van der Waals surface area contributed by atoms with E-state index in [9.17, 15) is 4.79 Å². The van der Waals surface area contributed by atoms with Crippen LogP contribution in [0.2, 0.25) is 0 Å². The molecule has 148 valence electrons. The number of nitrogens with zero attached hydrogens (tertiary/aromatic N) is 3. The molecule has 0 saturated carbocycles. The molecule has 1 aromatic heterocycles. The fourth-order valence-electron chi connectivity index (χ4n) is 3.38. The van der Waals surface area contributed by atoms with Crippen LogP contribution in [0.15, 0.2) is 72.2 Å². The molecule has 0 saturated heterocycles. The molecule has 0 fully saturated rings. The summed E-state index contributed by atoms with van der Waals surface area (Å²) in [7, 11) is 0. The van der Waals surface area contributed by atoms with Crippen LogP contribution in [0.5, 0.6) is 5.75 Å². The van der Waals surface area contributed by atoms with Gasteiger partial charge in [0.2, 0.25) is 5.95 Å². The molecule has 1 unspecified atom stereocenters. The topological polar surface area (TPSA) is 78.3 Å². The molecule has 2 heterocycles. The van der Waals surface area contributed by atoms with Gasteiger partial charge < -0.3 is 14.8 Å². The van der Waals surface area contributed by atoms with E-state index < -0.39 is 6.04 Å². The zero-order valence-corrected chi connectivity index (χ0v) is 16.3. The molecule has 0 spiro atoms. The van der Waals surface area contributed by atoms with Gasteiger partial charge in [0.1, 0.15) is 24.7 Å². The standard InChI is InChI=1S/C22H22N4O3/c1-3-28-18-11-9-17(10-12-18)20-19(15(2)25-22-23-14-24-26(20)22)21(27)29-13-16-7-5-4-6-8-16/h4-12,14,20H,3,13H2,1-2H3,(H,23,24,25). The third kappa shape index (κ3) is 3.85. The lowest BCUT2D eigenvalue weighted by atomic mass is 9.95. The van der Waals surface area contributed by atoms with Crippen LogP contribution in [-0.4, -0.2) is 27.3 Å². The Kier molecular flexibility index (Phi) is 5.29. The van der Waals surface area contributed by atoms with E-state index in [1.54, 1.807) is 4.68 Å². The molecule has 2 aromatic carbocycles. The maximum Gasteiger partial charge on any atom is 0.338 e. The van der Waals surface area contributed by atoms with Crippen molar-refractivity contribution in [1.29, 1.82) is 0 Å². The first-order valence-corrected chi connectivity index (χ1v) is 9.48. The van der Waals surface area contributed by atoms with Crippen LogP contribution in [0.3, 0.4) is 0 Å². The van der Waals surface area contributed by atoms with Crippen molar-refractivity contribution in [3.63, 3.8) is 0 Å². The second-order valence-electron chi connectivity index (χ2n) is 6.66. The second kappa shape index (κ2) is 8.18. The van der Waals surface area contributed by atoms with Crippen molar-refractivity contribution < 1.29 is 14.3 Å². The molecule has 3 aromatic rings. The average molecular weight is 390 g/mol. The Morgan fingerprint density at radius 3 is 2.62 bits per heavy atom. The van der Waals surface area contributed by atoms with Gasteiger partial charge in [0.15, 0.2) is 0 Å². The Labute approximate surface area is 169 Å². The lowest BCUT2D eigenvalue weighted by molar-refractivity contribution is -0.140. The number of esters is 1. The van der Waals surface area contributed by atoms with Crippen LogP contribution in [0.4, 0.5) is 5.95 Å². The van der Waals surface area contributed by atoms with Gasteiger partial charge in [-0.2, -0.15) is 10.1 Å². The first-order chi connectivity index (χ1) is 14.2. The minimum Gasteiger partial charge on any atom is -0.494 e. The van der Waals surface area contributed by atoms with Crippen molar-refractivity contribution in [1.82, 2.24) is 14.8 Å². The summed E-state index contributed by atoms with van der Waals surface area (Å²) in [5.41, 5.74) is 3.03. The molecule has 1 atom stereocenters. The van der Waals surface area contributed by atoms with Gasteiger partial charge in [-0.25, -0.2) is 9.48 Å². The van der Waals surface area contributed by atoms with Crippen LogP contribution < -0.4 is 10.1 Å². The number of ether oxygens (including phenoxy) is 2. The minimum absolute atomic E-state index is 0.205. The molecule has 0 radical (unpaired) electrons. The highest BCUT2D eigenvalue weighted by Gasteiger charge is 2.34. The molecule has 1 N–H and O–H groups in total. The number of allylic oxidation sites excluding steroid dienone is 1. The van der Waals surface area contributed by atoms with Crippen molar-refractivity contribution in [2.24, 2.45) is 0 Å². The van der Waals surface area contributed by atoms with Crippen LogP contribution in [0, 0.1) is 0 Å². The van der Waals surface area contributed by atoms with Gasteiger partial charge in [-0.05, 0) is 37.1 Å². The number of anilines is 1. The molecule has 0 amide bonds. The quantitative estimate of drug-likeness (QED) is 0.647. The fraction of sp³-hybridized carbons (Fsp3) is 0.227. The maximum absolute atomic E-state index is 13.1. The number of fused-ring (bicyclic) bond motifs is 1. The SMILES string of the molecule is CCOc1ccc(C2C(C(=O)OCc3ccccc3)=C(C)Nc3ncnn32)cc1.